The van der Waals surface area contributed by atoms with Crippen LogP contribution in [0.15, 0.2) is 24.3 Å². The number of ether oxygens (including phenoxy) is 1. The number of nitrogens with zero attached hydrogens (tertiary/aromatic N) is 1. The molecule has 5 nitrogen and oxygen atoms in total. The SMILES string of the molecule is COc1ccc(CN2C(=O)CC(Cl)(SC[C@]34CC[C@H](C[C@H]3O)C4(C)C)C2=O)cc1. The number of hydrogen-bond donors (Lipinski definition) is 1. The number of amides is 2. The van der Waals surface area contributed by atoms with E-state index in [-0.39, 0.29) is 41.7 Å². The van der Waals surface area contributed by atoms with Crippen LogP contribution in [0.3, 0.4) is 0 Å². The summed E-state index contributed by atoms with van der Waals surface area (Å²) in [6.45, 7) is 4.65. The van der Waals surface area contributed by atoms with Gasteiger partial charge in [0.1, 0.15) is 5.75 Å². The van der Waals surface area contributed by atoms with E-state index >= 15 is 0 Å². The van der Waals surface area contributed by atoms with Gasteiger partial charge in [-0.15, -0.1) is 11.8 Å². The minimum Gasteiger partial charge on any atom is -0.497 e. The summed E-state index contributed by atoms with van der Waals surface area (Å²) in [5.74, 6) is 1.23. The number of aliphatic hydroxyl groups is 1. The molecule has 1 unspecified atom stereocenters. The van der Waals surface area contributed by atoms with Gasteiger partial charge in [-0.3, -0.25) is 14.5 Å². The highest BCUT2D eigenvalue weighted by Gasteiger charge is 2.64. The molecule has 3 aliphatic rings. The van der Waals surface area contributed by atoms with E-state index in [0.717, 1.165) is 30.6 Å². The van der Waals surface area contributed by atoms with Crippen LogP contribution < -0.4 is 4.74 Å². The van der Waals surface area contributed by atoms with Gasteiger partial charge in [-0.2, -0.15) is 0 Å². The van der Waals surface area contributed by atoms with Crippen molar-refractivity contribution in [1.29, 1.82) is 0 Å². The Kier molecular flexibility index (Phi) is 5.20. The molecule has 158 valence electrons. The summed E-state index contributed by atoms with van der Waals surface area (Å²) in [5, 5.41) is 10.7. The fourth-order valence-corrected chi connectivity index (χ4v) is 7.52. The van der Waals surface area contributed by atoms with E-state index in [1.807, 2.05) is 24.3 Å². The van der Waals surface area contributed by atoms with Crippen LogP contribution in [0.25, 0.3) is 0 Å². The molecule has 1 N–H and O–H groups in total. The molecule has 29 heavy (non-hydrogen) atoms. The number of methoxy groups -OCH3 is 1. The zero-order chi connectivity index (χ0) is 21.0. The number of benzene rings is 1. The van der Waals surface area contributed by atoms with Crippen LogP contribution in [0.4, 0.5) is 0 Å². The summed E-state index contributed by atoms with van der Waals surface area (Å²) in [5.41, 5.74) is 0.626. The number of likely N-dealkylation sites (tertiary alicyclic amines) is 1. The van der Waals surface area contributed by atoms with E-state index in [2.05, 4.69) is 13.8 Å². The molecular formula is C22H28ClNO4S. The van der Waals surface area contributed by atoms with Gasteiger partial charge in [0.15, 0.2) is 4.21 Å². The van der Waals surface area contributed by atoms with E-state index in [9.17, 15) is 14.7 Å². The lowest BCUT2D eigenvalue weighted by atomic mass is 9.70. The average molecular weight is 438 g/mol. The summed E-state index contributed by atoms with van der Waals surface area (Å²) in [6, 6.07) is 7.30. The number of rotatable bonds is 6. The predicted molar refractivity (Wildman–Crippen MR) is 114 cm³/mol. The largest absolute Gasteiger partial charge is 0.497 e. The summed E-state index contributed by atoms with van der Waals surface area (Å²) in [7, 11) is 1.59. The van der Waals surface area contributed by atoms with Gasteiger partial charge < -0.3 is 9.84 Å². The smallest absolute Gasteiger partial charge is 0.261 e. The van der Waals surface area contributed by atoms with Crippen LogP contribution in [-0.4, -0.2) is 45.0 Å². The van der Waals surface area contributed by atoms with Gasteiger partial charge in [-0.05, 0) is 48.3 Å². The monoisotopic (exact) mass is 437 g/mol. The number of carbonyl (C=O) groups excluding carboxylic acids is 2. The molecule has 0 aromatic heterocycles. The van der Waals surface area contributed by atoms with Gasteiger partial charge in [0, 0.05) is 11.2 Å². The van der Waals surface area contributed by atoms with Crippen molar-refractivity contribution in [2.24, 2.45) is 16.7 Å². The molecule has 1 aromatic rings. The first-order valence-corrected chi connectivity index (χ1v) is 11.5. The quantitative estimate of drug-likeness (QED) is 0.541. The molecule has 2 aliphatic carbocycles. The number of halogens is 1. The molecule has 0 spiro atoms. The predicted octanol–water partition coefficient (Wildman–Crippen LogP) is 3.81. The standard InChI is InChI=1S/C22H28ClNO4S/c1-20(2)15-8-9-21(20,17(25)10-15)13-29-22(23)11-18(26)24(19(22)27)12-14-4-6-16(28-3)7-5-14/h4-7,15,17,25H,8-13H2,1-3H3/t15-,17-,21-,22?/m1/s1. The number of carbonyl (C=O) groups is 2. The molecule has 1 aliphatic heterocycles. The molecule has 4 rings (SSSR count). The number of fused-ring (bicyclic) bond motifs is 2. The van der Waals surface area contributed by atoms with Gasteiger partial charge in [-0.1, -0.05) is 37.6 Å². The molecular weight excluding hydrogens is 410 g/mol. The number of alkyl halides is 1. The molecule has 2 saturated carbocycles. The van der Waals surface area contributed by atoms with Crippen LogP contribution in [0.2, 0.25) is 0 Å². The van der Waals surface area contributed by atoms with Gasteiger partial charge in [-0.25, -0.2) is 0 Å². The fraction of sp³-hybridized carbons (Fsp3) is 0.636. The van der Waals surface area contributed by atoms with Crippen LogP contribution in [0.1, 0.15) is 45.1 Å². The first-order chi connectivity index (χ1) is 13.6. The summed E-state index contributed by atoms with van der Waals surface area (Å²) in [6.07, 6.45) is 2.50. The molecule has 2 amide bonds. The zero-order valence-corrected chi connectivity index (χ0v) is 18.7. The maximum absolute atomic E-state index is 13.1. The highest BCUT2D eigenvalue weighted by atomic mass is 35.5. The lowest BCUT2D eigenvalue weighted by Crippen LogP contribution is -2.43. The Morgan fingerprint density at radius 1 is 1.28 bits per heavy atom. The highest BCUT2D eigenvalue weighted by molar-refractivity contribution is 8.02. The first kappa shape index (κ1) is 21.0. The highest BCUT2D eigenvalue weighted by Crippen LogP contribution is 2.67. The van der Waals surface area contributed by atoms with Crippen LogP contribution in [0.5, 0.6) is 5.75 Å². The second-order valence-electron chi connectivity index (χ2n) is 9.19. The van der Waals surface area contributed by atoms with Crippen molar-refractivity contribution in [1.82, 2.24) is 4.90 Å². The third-order valence-corrected chi connectivity index (χ3v) is 9.75. The molecule has 1 aromatic carbocycles. The molecule has 0 radical (unpaired) electrons. The average Bonchev–Trinajstić information content (AvgIpc) is 3.14. The summed E-state index contributed by atoms with van der Waals surface area (Å²) in [4.78, 5) is 26.9. The van der Waals surface area contributed by atoms with E-state index in [0.29, 0.717) is 11.7 Å². The van der Waals surface area contributed by atoms with Gasteiger partial charge in [0.2, 0.25) is 5.91 Å². The van der Waals surface area contributed by atoms with Crippen molar-refractivity contribution in [3.63, 3.8) is 0 Å². The van der Waals surface area contributed by atoms with Crippen molar-refractivity contribution >= 4 is 35.2 Å². The zero-order valence-electron chi connectivity index (χ0n) is 17.1. The molecule has 2 bridgehead atoms. The Hall–Kier alpha value is -1.24. The molecule has 3 fully saturated rings. The van der Waals surface area contributed by atoms with E-state index < -0.39 is 4.21 Å². The lowest BCUT2D eigenvalue weighted by molar-refractivity contribution is -0.139. The summed E-state index contributed by atoms with van der Waals surface area (Å²) < 4.78 is 3.87. The maximum Gasteiger partial charge on any atom is 0.261 e. The number of thioether (sulfide) groups is 1. The van der Waals surface area contributed by atoms with E-state index in [4.69, 9.17) is 16.3 Å². The second-order valence-corrected chi connectivity index (χ2v) is 11.3. The van der Waals surface area contributed by atoms with E-state index in [1.165, 1.54) is 16.7 Å². The van der Waals surface area contributed by atoms with Gasteiger partial charge in [0.25, 0.3) is 5.91 Å². The maximum atomic E-state index is 13.1. The van der Waals surface area contributed by atoms with Crippen molar-refractivity contribution in [3.8, 4) is 5.75 Å². The Morgan fingerprint density at radius 2 is 1.97 bits per heavy atom. The first-order valence-electron chi connectivity index (χ1n) is 10.1. The minimum absolute atomic E-state index is 0.00968. The second kappa shape index (κ2) is 7.17. The summed E-state index contributed by atoms with van der Waals surface area (Å²) >= 11 is 8.07. The third kappa shape index (κ3) is 3.19. The Balaban J connectivity index is 1.47. The number of hydrogen-bond acceptors (Lipinski definition) is 5. The third-order valence-electron chi connectivity index (χ3n) is 7.69. The Labute approximate surface area is 181 Å². The fourth-order valence-electron chi connectivity index (χ4n) is 5.49. The molecule has 1 heterocycles. The van der Waals surface area contributed by atoms with Gasteiger partial charge >= 0.3 is 0 Å². The number of imide groups is 1. The topological polar surface area (TPSA) is 66.8 Å². The van der Waals surface area contributed by atoms with Crippen LogP contribution in [0, 0.1) is 16.7 Å². The van der Waals surface area contributed by atoms with Crippen LogP contribution >= 0.6 is 23.4 Å². The lowest BCUT2D eigenvalue weighted by Gasteiger charge is -2.41. The minimum atomic E-state index is -1.28. The molecule has 7 heteroatoms. The molecule has 1 saturated heterocycles. The van der Waals surface area contributed by atoms with E-state index in [1.54, 1.807) is 7.11 Å². The van der Waals surface area contributed by atoms with Crippen LogP contribution in [-0.2, 0) is 16.1 Å². The normalized spacial score (nSPS) is 35.6. The Morgan fingerprint density at radius 3 is 2.52 bits per heavy atom. The van der Waals surface area contributed by atoms with Crippen molar-refractivity contribution in [3.05, 3.63) is 29.8 Å². The van der Waals surface area contributed by atoms with Gasteiger partial charge in [0.05, 0.1) is 26.2 Å². The Bertz CT molecular complexity index is 829. The number of aliphatic hydroxyl groups excluding tert-OH is 1. The van der Waals surface area contributed by atoms with Crippen molar-refractivity contribution in [2.75, 3.05) is 12.9 Å². The van der Waals surface area contributed by atoms with Crippen molar-refractivity contribution in [2.45, 2.75) is 56.4 Å². The van der Waals surface area contributed by atoms with Crippen molar-refractivity contribution < 1.29 is 19.4 Å². The molecule has 4 atom stereocenters.